The zero-order valence-corrected chi connectivity index (χ0v) is 7.44. The summed E-state index contributed by atoms with van der Waals surface area (Å²) in [7, 11) is 1.73. The number of ether oxygens (including phenoxy) is 1. The summed E-state index contributed by atoms with van der Waals surface area (Å²) >= 11 is 0. The Bertz CT molecular complexity index is 123. The second-order valence-electron chi connectivity index (χ2n) is 2.30. The maximum absolute atomic E-state index is 4.91. The monoisotopic (exact) mass is 155 g/mol. The number of unbranched alkanes of at least 4 members (excludes halogenated alkanes) is 1. The van der Waals surface area contributed by atoms with Gasteiger partial charge < -0.3 is 10.1 Å². The van der Waals surface area contributed by atoms with E-state index in [0.717, 1.165) is 26.1 Å². The summed E-state index contributed by atoms with van der Waals surface area (Å²) in [5.41, 5.74) is 0. The molecule has 0 atom stereocenters. The standard InChI is InChI=1S/C9H17NO/c1-3-4-7-10-8-5-6-9-11-2/h10H,5-9H2,1-2H3. The fourth-order valence-electron chi connectivity index (χ4n) is 0.736. The molecule has 2 heteroatoms. The van der Waals surface area contributed by atoms with Gasteiger partial charge in [0.15, 0.2) is 0 Å². The summed E-state index contributed by atoms with van der Waals surface area (Å²) in [5, 5.41) is 3.22. The van der Waals surface area contributed by atoms with Gasteiger partial charge in [-0.25, -0.2) is 0 Å². The summed E-state index contributed by atoms with van der Waals surface area (Å²) in [4.78, 5) is 0. The number of hydrogen-bond acceptors (Lipinski definition) is 2. The third-order valence-corrected chi connectivity index (χ3v) is 1.34. The normalized spacial score (nSPS) is 8.91. The topological polar surface area (TPSA) is 21.3 Å². The van der Waals surface area contributed by atoms with E-state index in [2.05, 4.69) is 17.2 Å². The Hall–Kier alpha value is -0.520. The van der Waals surface area contributed by atoms with E-state index in [-0.39, 0.29) is 0 Å². The quantitative estimate of drug-likeness (QED) is 0.457. The molecule has 0 spiro atoms. The second-order valence-corrected chi connectivity index (χ2v) is 2.30. The van der Waals surface area contributed by atoms with E-state index in [1.54, 1.807) is 7.11 Å². The number of rotatable bonds is 6. The highest BCUT2D eigenvalue weighted by molar-refractivity contribution is 4.96. The first-order valence-electron chi connectivity index (χ1n) is 4.01. The highest BCUT2D eigenvalue weighted by atomic mass is 16.5. The molecule has 0 saturated carbocycles. The molecule has 0 aromatic carbocycles. The molecule has 2 nitrogen and oxygen atoms in total. The van der Waals surface area contributed by atoms with Crippen molar-refractivity contribution in [2.24, 2.45) is 0 Å². The lowest BCUT2D eigenvalue weighted by Crippen LogP contribution is -2.15. The van der Waals surface area contributed by atoms with Crippen LogP contribution in [-0.2, 0) is 4.74 Å². The van der Waals surface area contributed by atoms with Crippen molar-refractivity contribution in [1.29, 1.82) is 0 Å². The molecule has 0 heterocycles. The van der Waals surface area contributed by atoms with Gasteiger partial charge in [-0.15, -0.1) is 5.92 Å². The van der Waals surface area contributed by atoms with E-state index in [0.29, 0.717) is 0 Å². The Kier molecular flexibility index (Phi) is 9.03. The number of nitrogens with one attached hydrogen (secondary N) is 1. The van der Waals surface area contributed by atoms with Crippen molar-refractivity contribution in [3.05, 3.63) is 0 Å². The molecule has 0 rings (SSSR count). The molecule has 11 heavy (non-hydrogen) atoms. The zero-order chi connectivity index (χ0) is 8.36. The fourth-order valence-corrected chi connectivity index (χ4v) is 0.736. The van der Waals surface area contributed by atoms with Gasteiger partial charge in [0.05, 0.1) is 6.54 Å². The Morgan fingerprint density at radius 3 is 2.82 bits per heavy atom. The van der Waals surface area contributed by atoms with Crippen LogP contribution in [0.1, 0.15) is 19.8 Å². The zero-order valence-electron chi connectivity index (χ0n) is 7.44. The van der Waals surface area contributed by atoms with Gasteiger partial charge in [-0.1, -0.05) is 5.92 Å². The lowest BCUT2D eigenvalue weighted by atomic mass is 10.3. The van der Waals surface area contributed by atoms with Gasteiger partial charge in [0, 0.05) is 13.7 Å². The first-order chi connectivity index (χ1) is 5.41. The summed E-state index contributed by atoms with van der Waals surface area (Å²) in [6, 6.07) is 0. The van der Waals surface area contributed by atoms with Crippen molar-refractivity contribution < 1.29 is 4.74 Å². The summed E-state index contributed by atoms with van der Waals surface area (Å²) < 4.78 is 4.91. The molecular formula is C9H17NO. The molecule has 0 amide bonds. The molecule has 1 N–H and O–H groups in total. The summed E-state index contributed by atoms with van der Waals surface area (Å²) in [6.45, 7) is 4.56. The van der Waals surface area contributed by atoms with Gasteiger partial charge in [0.1, 0.15) is 0 Å². The predicted molar refractivity (Wildman–Crippen MR) is 47.4 cm³/mol. The Morgan fingerprint density at radius 2 is 2.18 bits per heavy atom. The minimum absolute atomic E-state index is 0.809. The first-order valence-corrected chi connectivity index (χ1v) is 4.01. The third-order valence-electron chi connectivity index (χ3n) is 1.34. The van der Waals surface area contributed by atoms with E-state index in [4.69, 9.17) is 4.74 Å². The number of methoxy groups -OCH3 is 1. The molecular weight excluding hydrogens is 138 g/mol. The molecule has 0 fully saturated rings. The van der Waals surface area contributed by atoms with E-state index in [9.17, 15) is 0 Å². The van der Waals surface area contributed by atoms with Gasteiger partial charge in [-0.05, 0) is 26.3 Å². The Morgan fingerprint density at radius 1 is 1.36 bits per heavy atom. The minimum Gasteiger partial charge on any atom is -0.385 e. The lowest BCUT2D eigenvalue weighted by Gasteiger charge is -1.99. The van der Waals surface area contributed by atoms with Crippen molar-refractivity contribution in [3.8, 4) is 11.8 Å². The van der Waals surface area contributed by atoms with Crippen molar-refractivity contribution in [3.63, 3.8) is 0 Å². The molecule has 0 unspecified atom stereocenters. The van der Waals surface area contributed by atoms with Gasteiger partial charge in [0.2, 0.25) is 0 Å². The molecule has 0 aromatic heterocycles. The lowest BCUT2D eigenvalue weighted by molar-refractivity contribution is 0.193. The van der Waals surface area contributed by atoms with Crippen molar-refractivity contribution in [1.82, 2.24) is 5.32 Å². The maximum Gasteiger partial charge on any atom is 0.0576 e. The average Bonchev–Trinajstić information content (AvgIpc) is 2.03. The van der Waals surface area contributed by atoms with E-state index < -0.39 is 0 Å². The van der Waals surface area contributed by atoms with Crippen LogP contribution in [0.25, 0.3) is 0 Å². The summed E-state index contributed by atoms with van der Waals surface area (Å²) in [5.74, 6) is 5.78. The highest BCUT2D eigenvalue weighted by Gasteiger charge is 1.85. The van der Waals surface area contributed by atoms with E-state index in [1.807, 2.05) is 6.92 Å². The van der Waals surface area contributed by atoms with Crippen LogP contribution in [0.5, 0.6) is 0 Å². The van der Waals surface area contributed by atoms with Crippen molar-refractivity contribution in [2.45, 2.75) is 19.8 Å². The van der Waals surface area contributed by atoms with Crippen LogP contribution in [0.4, 0.5) is 0 Å². The van der Waals surface area contributed by atoms with Gasteiger partial charge in [-0.2, -0.15) is 0 Å². The highest BCUT2D eigenvalue weighted by Crippen LogP contribution is 1.85. The molecule has 0 aliphatic carbocycles. The van der Waals surface area contributed by atoms with Gasteiger partial charge in [0.25, 0.3) is 0 Å². The molecule has 0 saturated heterocycles. The smallest absolute Gasteiger partial charge is 0.0576 e. The molecule has 0 radical (unpaired) electrons. The van der Waals surface area contributed by atoms with Crippen LogP contribution in [0.2, 0.25) is 0 Å². The van der Waals surface area contributed by atoms with Crippen LogP contribution in [0.3, 0.4) is 0 Å². The molecule has 64 valence electrons. The molecule has 0 aliphatic rings. The average molecular weight is 155 g/mol. The largest absolute Gasteiger partial charge is 0.385 e. The van der Waals surface area contributed by atoms with E-state index >= 15 is 0 Å². The minimum atomic E-state index is 0.809. The van der Waals surface area contributed by atoms with Crippen LogP contribution in [0, 0.1) is 11.8 Å². The van der Waals surface area contributed by atoms with Crippen LogP contribution < -0.4 is 5.32 Å². The fraction of sp³-hybridized carbons (Fsp3) is 0.778. The number of hydrogen-bond donors (Lipinski definition) is 1. The molecule has 0 bridgehead atoms. The van der Waals surface area contributed by atoms with Crippen molar-refractivity contribution in [2.75, 3.05) is 26.8 Å². The predicted octanol–water partition coefficient (Wildman–Crippen LogP) is 1.03. The van der Waals surface area contributed by atoms with Gasteiger partial charge in [-0.3, -0.25) is 0 Å². The first kappa shape index (κ1) is 10.5. The Labute approximate surface area is 69.3 Å². The van der Waals surface area contributed by atoms with Crippen LogP contribution >= 0.6 is 0 Å². The molecule has 0 aliphatic heterocycles. The molecule has 0 aromatic rings. The maximum atomic E-state index is 4.91. The summed E-state index contributed by atoms with van der Waals surface area (Å²) in [6.07, 6.45) is 2.29. The van der Waals surface area contributed by atoms with Crippen LogP contribution in [0.15, 0.2) is 0 Å². The van der Waals surface area contributed by atoms with Crippen molar-refractivity contribution >= 4 is 0 Å². The Balaban J connectivity index is 2.83. The second kappa shape index (κ2) is 9.48. The van der Waals surface area contributed by atoms with E-state index in [1.165, 1.54) is 6.42 Å². The third kappa shape index (κ3) is 9.48. The van der Waals surface area contributed by atoms with Crippen LogP contribution in [-0.4, -0.2) is 26.8 Å². The van der Waals surface area contributed by atoms with Gasteiger partial charge >= 0.3 is 0 Å². The SMILES string of the molecule is CC#CCNCCCCOC.